The second-order valence-electron chi connectivity index (χ2n) is 12.7. The number of rotatable bonds is 3. The standard InChI is InChI=1S/C44H26N4/c1-2-13-31(14-3-1)48-45-37-22-20-30(25-38(37)46-48)36-24-28-10-4-5-11-29(28)26-41(36)47-39-19-9-18-35-33-16-7-6-15-32(33)34-17-8-12-27-21-23-40(47)44(42(27)34)43(35)39/h1-26H. The van der Waals surface area contributed by atoms with Crippen molar-refractivity contribution in [2.45, 2.75) is 0 Å². The minimum Gasteiger partial charge on any atom is -0.309 e. The number of benzene rings is 8. The summed E-state index contributed by atoms with van der Waals surface area (Å²) in [7, 11) is 0. The van der Waals surface area contributed by atoms with Gasteiger partial charge in [-0.3, -0.25) is 0 Å². The van der Waals surface area contributed by atoms with Gasteiger partial charge in [-0.2, -0.15) is 4.80 Å². The van der Waals surface area contributed by atoms with Crippen molar-refractivity contribution >= 4 is 54.4 Å². The fraction of sp³-hybridized carbons (Fsp3) is 0. The van der Waals surface area contributed by atoms with E-state index in [0.29, 0.717) is 0 Å². The third-order valence-corrected chi connectivity index (χ3v) is 10.1. The van der Waals surface area contributed by atoms with Crippen molar-refractivity contribution in [1.82, 2.24) is 19.6 Å². The van der Waals surface area contributed by atoms with Crippen LogP contribution in [0.25, 0.3) is 99.1 Å². The highest BCUT2D eigenvalue weighted by molar-refractivity contribution is 6.30. The lowest BCUT2D eigenvalue weighted by Crippen LogP contribution is -1.98. The Morgan fingerprint density at radius 1 is 0.375 bits per heavy atom. The molecule has 0 bridgehead atoms. The van der Waals surface area contributed by atoms with Crippen LogP contribution < -0.4 is 0 Å². The number of fused-ring (bicyclic) bond motifs is 5. The Hall–Kier alpha value is -6.52. The van der Waals surface area contributed by atoms with Gasteiger partial charge in [-0.15, -0.1) is 10.2 Å². The molecule has 1 aliphatic rings. The number of para-hydroxylation sites is 1. The summed E-state index contributed by atoms with van der Waals surface area (Å²) >= 11 is 0. The van der Waals surface area contributed by atoms with E-state index in [1.54, 1.807) is 4.80 Å². The number of nitrogens with zero attached hydrogens (tertiary/aromatic N) is 4. The van der Waals surface area contributed by atoms with E-state index in [4.69, 9.17) is 10.2 Å². The predicted octanol–water partition coefficient (Wildman–Crippen LogP) is 11.1. The van der Waals surface area contributed by atoms with Gasteiger partial charge in [0, 0.05) is 16.3 Å². The number of hydrogen-bond acceptors (Lipinski definition) is 2. The van der Waals surface area contributed by atoms with Crippen LogP contribution in [0.3, 0.4) is 0 Å². The topological polar surface area (TPSA) is 35.6 Å². The van der Waals surface area contributed by atoms with Crippen LogP contribution in [0.15, 0.2) is 158 Å². The Morgan fingerprint density at radius 2 is 1.02 bits per heavy atom. The Kier molecular flexibility index (Phi) is 5.08. The van der Waals surface area contributed by atoms with Crippen molar-refractivity contribution in [1.29, 1.82) is 0 Å². The van der Waals surface area contributed by atoms with Gasteiger partial charge in [0.05, 0.1) is 22.4 Å². The maximum Gasteiger partial charge on any atom is 0.114 e. The number of hydrogen-bond donors (Lipinski definition) is 0. The van der Waals surface area contributed by atoms with Crippen molar-refractivity contribution in [2.24, 2.45) is 0 Å². The largest absolute Gasteiger partial charge is 0.309 e. The molecule has 0 radical (unpaired) electrons. The molecule has 0 saturated carbocycles. The maximum absolute atomic E-state index is 4.91. The van der Waals surface area contributed by atoms with E-state index < -0.39 is 0 Å². The van der Waals surface area contributed by atoms with E-state index in [9.17, 15) is 0 Å². The molecule has 10 aromatic rings. The van der Waals surface area contributed by atoms with Crippen LogP contribution in [0.1, 0.15) is 0 Å². The number of aromatic nitrogens is 4. The Balaban J connectivity index is 1.25. The van der Waals surface area contributed by atoms with Gasteiger partial charge in [0.25, 0.3) is 0 Å². The smallest absolute Gasteiger partial charge is 0.114 e. The Labute approximate surface area is 275 Å². The fourth-order valence-electron chi connectivity index (χ4n) is 7.99. The molecule has 2 heterocycles. The summed E-state index contributed by atoms with van der Waals surface area (Å²) in [6.45, 7) is 0. The molecule has 0 fully saturated rings. The molecule has 4 heteroatoms. The molecule has 11 rings (SSSR count). The van der Waals surface area contributed by atoms with E-state index in [-0.39, 0.29) is 0 Å². The first kappa shape index (κ1) is 25.6. The van der Waals surface area contributed by atoms with Crippen LogP contribution in [0.4, 0.5) is 0 Å². The van der Waals surface area contributed by atoms with Gasteiger partial charge in [-0.05, 0) is 97.9 Å². The molecule has 0 saturated heterocycles. The molecular formula is C44H26N4. The van der Waals surface area contributed by atoms with Crippen molar-refractivity contribution in [3.8, 4) is 44.8 Å². The van der Waals surface area contributed by atoms with Gasteiger partial charge in [0.2, 0.25) is 0 Å². The molecule has 8 aromatic carbocycles. The highest BCUT2D eigenvalue weighted by atomic mass is 15.5. The first-order chi connectivity index (χ1) is 23.8. The molecule has 0 N–H and O–H groups in total. The normalized spacial score (nSPS) is 12.2. The average molecular weight is 611 g/mol. The molecule has 0 atom stereocenters. The molecule has 0 aliphatic heterocycles. The predicted molar refractivity (Wildman–Crippen MR) is 198 cm³/mol. The van der Waals surface area contributed by atoms with Gasteiger partial charge in [0.15, 0.2) is 0 Å². The summed E-state index contributed by atoms with van der Waals surface area (Å²) in [4.78, 5) is 1.73. The van der Waals surface area contributed by atoms with Gasteiger partial charge < -0.3 is 4.57 Å². The van der Waals surface area contributed by atoms with Crippen LogP contribution in [0.2, 0.25) is 0 Å². The monoisotopic (exact) mass is 610 g/mol. The zero-order chi connectivity index (χ0) is 31.3. The van der Waals surface area contributed by atoms with E-state index >= 15 is 0 Å². The molecule has 0 unspecified atom stereocenters. The zero-order valence-corrected chi connectivity index (χ0v) is 25.8. The van der Waals surface area contributed by atoms with E-state index in [1.165, 1.54) is 65.6 Å². The Bertz CT molecular complexity index is 2950. The van der Waals surface area contributed by atoms with E-state index in [0.717, 1.165) is 33.5 Å². The zero-order valence-electron chi connectivity index (χ0n) is 25.8. The molecular weight excluding hydrogens is 585 g/mol. The minimum atomic E-state index is 0.863. The van der Waals surface area contributed by atoms with Gasteiger partial charge in [-0.1, -0.05) is 109 Å². The van der Waals surface area contributed by atoms with E-state index in [1.807, 2.05) is 30.3 Å². The summed E-state index contributed by atoms with van der Waals surface area (Å²) in [5.74, 6) is 0. The molecule has 222 valence electrons. The van der Waals surface area contributed by atoms with E-state index in [2.05, 4.69) is 132 Å². The highest BCUT2D eigenvalue weighted by Crippen LogP contribution is 2.50. The van der Waals surface area contributed by atoms with Crippen LogP contribution in [-0.4, -0.2) is 19.6 Å². The molecule has 48 heavy (non-hydrogen) atoms. The summed E-state index contributed by atoms with van der Waals surface area (Å²) < 4.78 is 2.49. The van der Waals surface area contributed by atoms with Crippen LogP contribution in [0, 0.1) is 0 Å². The average Bonchev–Trinajstić information content (AvgIpc) is 3.70. The van der Waals surface area contributed by atoms with Gasteiger partial charge in [0.1, 0.15) is 11.0 Å². The fourth-order valence-corrected chi connectivity index (χ4v) is 7.99. The maximum atomic E-state index is 4.91. The van der Waals surface area contributed by atoms with Gasteiger partial charge >= 0.3 is 0 Å². The lowest BCUT2D eigenvalue weighted by molar-refractivity contribution is 0.766. The summed E-state index contributed by atoms with van der Waals surface area (Å²) in [5, 5.41) is 17.3. The first-order valence-corrected chi connectivity index (χ1v) is 16.3. The van der Waals surface area contributed by atoms with Gasteiger partial charge in [-0.25, -0.2) is 0 Å². The lowest BCUT2D eigenvalue weighted by atomic mass is 9.93. The summed E-state index contributed by atoms with van der Waals surface area (Å²) in [6.07, 6.45) is 0. The van der Waals surface area contributed by atoms with Crippen molar-refractivity contribution in [2.75, 3.05) is 0 Å². The van der Waals surface area contributed by atoms with Crippen molar-refractivity contribution < 1.29 is 0 Å². The quantitative estimate of drug-likeness (QED) is 0.199. The SMILES string of the molecule is c1ccc(-n2nc3ccc(-c4cc5ccccc5cc4-n4c5cccc6c5c5c7c(cccc7ccc54)-c4ccccc4-6)cc3n2)cc1. The third kappa shape index (κ3) is 3.49. The molecule has 1 aliphatic carbocycles. The minimum absolute atomic E-state index is 0.863. The van der Waals surface area contributed by atoms with Crippen molar-refractivity contribution in [3.05, 3.63) is 158 Å². The van der Waals surface area contributed by atoms with Crippen LogP contribution >= 0.6 is 0 Å². The first-order valence-electron chi connectivity index (χ1n) is 16.3. The lowest BCUT2D eigenvalue weighted by Gasteiger charge is -2.17. The molecule has 4 nitrogen and oxygen atoms in total. The van der Waals surface area contributed by atoms with Crippen LogP contribution in [0.5, 0.6) is 0 Å². The second-order valence-corrected chi connectivity index (χ2v) is 12.7. The Morgan fingerprint density at radius 3 is 1.85 bits per heavy atom. The molecule has 0 amide bonds. The third-order valence-electron chi connectivity index (χ3n) is 10.1. The van der Waals surface area contributed by atoms with Crippen LogP contribution in [-0.2, 0) is 0 Å². The highest BCUT2D eigenvalue weighted by Gasteiger charge is 2.25. The summed E-state index contributed by atoms with van der Waals surface area (Å²) in [6, 6.07) is 56.9. The second kappa shape index (κ2) is 9.50. The summed E-state index contributed by atoms with van der Waals surface area (Å²) in [5.41, 5.74) is 13.6. The van der Waals surface area contributed by atoms with Crippen molar-refractivity contribution in [3.63, 3.8) is 0 Å². The molecule has 0 spiro atoms. The molecule has 2 aromatic heterocycles.